The highest BCUT2D eigenvalue weighted by Gasteiger charge is 2.21. The molecule has 8 heteroatoms. The highest BCUT2D eigenvalue weighted by atomic mass is 32.2. The number of hydrogen-bond donors (Lipinski definition) is 2. The lowest BCUT2D eigenvalue weighted by Crippen LogP contribution is -2.31. The van der Waals surface area contributed by atoms with Gasteiger partial charge in [-0.25, -0.2) is 8.42 Å². The van der Waals surface area contributed by atoms with E-state index < -0.39 is 10.0 Å². The molecule has 2 N–H and O–H groups in total. The summed E-state index contributed by atoms with van der Waals surface area (Å²) in [4.78, 5) is 24.1. The van der Waals surface area contributed by atoms with Gasteiger partial charge in [-0.3, -0.25) is 9.59 Å². The number of nitrogens with zero attached hydrogens (tertiary/aromatic N) is 1. The van der Waals surface area contributed by atoms with E-state index in [9.17, 15) is 18.0 Å². The summed E-state index contributed by atoms with van der Waals surface area (Å²) in [6.45, 7) is 4.99. The Kier molecular flexibility index (Phi) is 9.01. The van der Waals surface area contributed by atoms with Crippen molar-refractivity contribution in [2.24, 2.45) is 0 Å². The third-order valence-electron chi connectivity index (χ3n) is 4.64. The minimum Gasteiger partial charge on any atom is -0.355 e. The molecule has 0 fully saturated rings. The van der Waals surface area contributed by atoms with Crippen molar-refractivity contribution in [2.45, 2.75) is 38.1 Å². The van der Waals surface area contributed by atoms with Gasteiger partial charge >= 0.3 is 0 Å². The molecule has 0 atom stereocenters. The Morgan fingerprint density at radius 3 is 2.07 bits per heavy atom. The van der Waals surface area contributed by atoms with E-state index in [0.717, 1.165) is 11.1 Å². The maximum absolute atomic E-state index is 12.5. The Hall–Kier alpha value is -2.71. The number of nitrogens with one attached hydrogen (secondary N) is 2. The Morgan fingerprint density at radius 2 is 1.47 bits per heavy atom. The molecular weight excluding hydrogens is 402 g/mol. The molecule has 0 unspecified atom stereocenters. The Morgan fingerprint density at radius 1 is 0.833 bits per heavy atom. The predicted octanol–water partition coefficient (Wildman–Crippen LogP) is 2.08. The molecule has 2 aromatic carbocycles. The van der Waals surface area contributed by atoms with Crippen LogP contribution in [0.1, 0.15) is 31.4 Å². The second kappa shape index (κ2) is 11.5. The third-order valence-corrected chi connectivity index (χ3v) is 6.70. The summed E-state index contributed by atoms with van der Waals surface area (Å²) in [6, 6.07) is 15.9. The molecule has 0 aromatic heterocycles. The van der Waals surface area contributed by atoms with Crippen LogP contribution in [0, 0.1) is 0 Å². The fourth-order valence-corrected chi connectivity index (χ4v) is 4.40. The van der Waals surface area contributed by atoms with Gasteiger partial charge in [-0.05, 0) is 23.3 Å². The minimum absolute atomic E-state index is 0.126. The van der Waals surface area contributed by atoms with Crippen molar-refractivity contribution in [1.82, 2.24) is 14.9 Å². The van der Waals surface area contributed by atoms with Crippen molar-refractivity contribution in [3.63, 3.8) is 0 Å². The summed E-state index contributed by atoms with van der Waals surface area (Å²) < 4.78 is 26.4. The number of carbonyl (C=O) groups is 2. The lowest BCUT2D eigenvalue weighted by molar-refractivity contribution is -0.122. The fraction of sp³-hybridized carbons (Fsp3) is 0.364. The number of amides is 2. The molecule has 0 radical (unpaired) electrons. The van der Waals surface area contributed by atoms with E-state index in [2.05, 4.69) is 10.6 Å². The van der Waals surface area contributed by atoms with Crippen LogP contribution in [0.2, 0.25) is 0 Å². The van der Waals surface area contributed by atoms with E-state index in [1.807, 2.05) is 30.3 Å². The quantitative estimate of drug-likeness (QED) is 0.569. The average Bonchev–Trinajstić information content (AvgIpc) is 2.74. The van der Waals surface area contributed by atoms with Gasteiger partial charge in [0.15, 0.2) is 0 Å². The molecule has 2 amide bonds. The summed E-state index contributed by atoms with van der Waals surface area (Å²) in [5.41, 5.74) is 1.72. The van der Waals surface area contributed by atoms with Crippen LogP contribution in [-0.4, -0.2) is 44.2 Å². The standard InChI is InChI=1S/C22H29N3O4S/c1-3-25(4-2)30(28,29)20-12-10-19(11-13-20)17-24-21(26)14-15-23-22(27)16-18-8-6-5-7-9-18/h5-13H,3-4,14-17H2,1-2H3,(H,23,27)(H,24,26). The van der Waals surface area contributed by atoms with Crippen molar-refractivity contribution in [2.75, 3.05) is 19.6 Å². The molecule has 0 saturated heterocycles. The van der Waals surface area contributed by atoms with Crippen LogP contribution >= 0.6 is 0 Å². The first kappa shape index (κ1) is 23.6. The van der Waals surface area contributed by atoms with E-state index in [1.54, 1.807) is 38.1 Å². The van der Waals surface area contributed by atoms with Gasteiger partial charge in [0.05, 0.1) is 11.3 Å². The molecule has 0 bridgehead atoms. The summed E-state index contributed by atoms with van der Waals surface area (Å²) in [5.74, 6) is -0.311. The van der Waals surface area contributed by atoms with Crippen LogP contribution in [-0.2, 0) is 32.6 Å². The first-order valence-electron chi connectivity index (χ1n) is 10.0. The molecule has 0 aliphatic carbocycles. The SMILES string of the molecule is CCN(CC)S(=O)(=O)c1ccc(CNC(=O)CCNC(=O)Cc2ccccc2)cc1. The minimum atomic E-state index is -3.49. The van der Waals surface area contributed by atoms with Gasteiger partial charge in [-0.2, -0.15) is 4.31 Å². The van der Waals surface area contributed by atoms with Gasteiger partial charge < -0.3 is 10.6 Å². The van der Waals surface area contributed by atoms with Crippen LogP contribution in [0.25, 0.3) is 0 Å². The normalized spacial score (nSPS) is 11.3. The molecule has 0 heterocycles. The fourth-order valence-electron chi connectivity index (χ4n) is 2.94. The molecular formula is C22H29N3O4S. The lowest BCUT2D eigenvalue weighted by atomic mass is 10.1. The summed E-state index contributed by atoms with van der Waals surface area (Å²) in [6.07, 6.45) is 0.458. The third kappa shape index (κ3) is 6.96. The van der Waals surface area contributed by atoms with Crippen LogP contribution in [0.5, 0.6) is 0 Å². The Labute approximate surface area is 178 Å². The summed E-state index contributed by atoms with van der Waals surface area (Å²) >= 11 is 0. The first-order valence-corrected chi connectivity index (χ1v) is 11.5. The lowest BCUT2D eigenvalue weighted by Gasteiger charge is -2.18. The average molecular weight is 432 g/mol. The van der Waals surface area contributed by atoms with Crippen LogP contribution in [0.3, 0.4) is 0 Å². The number of rotatable bonds is 11. The van der Waals surface area contributed by atoms with Crippen LogP contribution in [0.4, 0.5) is 0 Å². The van der Waals surface area contributed by atoms with Gasteiger partial charge in [-0.15, -0.1) is 0 Å². The van der Waals surface area contributed by atoms with Crippen molar-refractivity contribution in [1.29, 1.82) is 0 Å². The monoisotopic (exact) mass is 431 g/mol. The van der Waals surface area contributed by atoms with Gasteiger partial charge in [0.2, 0.25) is 21.8 Å². The smallest absolute Gasteiger partial charge is 0.243 e. The number of sulfonamides is 1. The molecule has 0 saturated carbocycles. The van der Waals surface area contributed by atoms with Crippen LogP contribution in [0.15, 0.2) is 59.5 Å². The molecule has 0 spiro atoms. The zero-order chi connectivity index (χ0) is 22.0. The van der Waals surface area contributed by atoms with Crippen LogP contribution < -0.4 is 10.6 Å². The molecule has 0 aliphatic rings. The number of carbonyl (C=O) groups excluding carboxylic acids is 2. The van der Waals surface area contributed by atoms with E-state index in [1.165, 1.54) is 4.31 Å². The van der Waals surface area contributed by atoms with Crippen molar-refractivity contribution in [3.05, 3.63) is 65.7 Å². The van der Waals surface area contributed by atoms with E-state index >= 15 is 0 Å². The zero-order valence-corrected chi connectivity index (χ0v) is 18.2. The van der Waals surface area contributed by atoms with Gasteiger partial charge in [0.25, 0.3) is 0 Å². The van der Waals surface area contributed by atoms with E-state index in [-0.39, 0.29) is 36.1 Å². The predicted molar refractivity (Wildman–Crippen MR) is 116 cm³/mol. The van der Waals surface area contributed by atoms with Crippen molar-refractivity contribution < 1.29 is 18.0 Å². The number of hydrogen-bond acceptors (Lipinski definition) is 4. The van der Waals surface area contributed by atoms with Gasteiger partial charge in [0.1, 0.15) is 0 Å². The summed E-state index contributed by atoms with van der Waals surface area (Å²) in [7, 11) is -3.49. The van der Waals surface area contributed by atoms with Crippen molar-refractivity contribution >= 4 is 21.8 Å². The maximum Gasteiger partial charge on any atom is 0.243 e. The van der Waals surface area contributed by atoms with E-state index in [0.29, 0.717) is 19.6 Å². The Balaban J connectivity index is 1.75. The van der Waals surface area contributed by atoms with Gasteiger partial charge in [-0.1, -0.05) is 56.3 Å². The highest BCUT2D eigenvalue weighted by Crippen LogP contribution is 2.16. The molecule has 2 aromatic rings. The number of benzene rings is 2. The summed E-state index contributed by atoms with van der Waals surface area (Å²) in [5, 5.41) is 5.51. The maximum atomic E-state index is 12.5. The van der Waals surface area contributed by atoms with Gasteiger partial charge in [0, 0.05) is 32.6 Å². The second-order valence-corrected chi connectivity index (χ2v) is 8.71. The second-order valence-electron chi connectivity index (χ2n) is 6.77. The van der Waals surface area contributed by atoms with Crippen molar-refractivity contribution in [3.8, 4) is 0 Å². The molecule has 2 rings (SSSR count). The molecule has 162 valence electrons. The Bertz CT molecular complexity index is 925. The topological polar surface area (TPSA) is 95.6 Å². The van der Waals surface area contributed by atoms with E-state index in [4.69, 9.17) is 0 Å². The first-order chi connectivity index (χ1) is 14.4. The molecule has 30 heavy (non-hydrogen) atoms. The molecule has 7 nitrogen and oxygen atoms in total. The molecule has 0 aliphatic heterocycles. The highest BCUT2D eigenvalue weighted by molar-refractivity contribution is 7.89. The zero-order valence-electron chi connectivity index (χ0n) is 17.4. The largest absolute Gasteiger partial charge is 0.355 e.